The summed E-state index contributed by atoms with van der Waals surface area (Å²) in [5, 5.41) is 0. The van der Waals surface area contributed by atoms with Gasteiger partial charge in [-0.3, -0.25) is 19.3 Å². The number of carbonyl (C=O) groups is 3. The highest BCUT2D eigenvalue weighted by molar-refractivity contribution is 5.96. The molecule has 208 valence electrons. The van der Waals surface area contributed by atoms with Gasteiger partial charge in [0, 0.05) is 62.0 Å². The van der Waals surface area contributed by atoms with E-state index < -0.39 is 5.97 Å². The molecule has 2 aromatic carbocycles. The van der Waals surface area contributed by atoms with Crippen LogP contribution in [0.25, 0.3) is 22.5 Å². The highest BCUT2D eigenvalue weighted by atomic mass is 16.5. The minimum atomic E-state index is -0.462. The molecule has 40 heavy (non-hydrogen) atoms. The molecule has 0 aliphatic carbocycles. The van der Waals surface area contributed by atoms with E-state index in [1.54, 1.807) is 11.8 Å². The van der Waals surface area contributed by atoms with E-state index in [0.29, 0.717) is 37.8 Å². The van der Waals surface area contributed by atoms with Crippen LogP contribution < -0.4 is 0 Å². The van der Waals surface area contributed by atoms with E-state index in [2.05, 4.69) is 4.90 Å². The van der Waals surface area contributed by atoms with Crippen molar-refractivity contribution in [2.75, 3.05) is 45.9 Å². The van der Waals surface area contributed by atoms with Crippen LogP contribution in [0.4, 0.5) is 0 Å². The molecule has 0 N–H and O–H groups in total. The first kappa shape index (κ1) is 27.5. The number of hydrogen-bond donors (Lipinski definition) is 0. The van der Waals surface area contributed by atoms with Gasteiger partial charge < -0.3 is 14.5 Å². The molecule has 0 spiro atoms. The highest BCUT2D eigenvalue weighted by Gasteiger charge is 2.31. The standard InChI is InChI=1S/C32H36N4O4/c1-2-40-31(38)23-30(37)35-15-13-27(14-16-35)34-17-19-36(20-18-34)32(39)26-21-28(24-9-5-3-6-10-24)33-29(22-26)25-11-7-4-8-12-25/h3-12,21-22,27H,2,13-20,23H2,1H3. The number of carbonyl (C=O) groups excluding carboxylic acids is 3. The maximum Gasteiger partial charge on any atom is 0.315 e. The average Bonchev–Trinajstić information content (AvgIpc) is 3.01. The van der Waals surface area contributed by atoms with Crippen LogP contribution in [0, 0.1) is 0 Å². The van der Waals surface area contributed by atoms with Gasteiger partial charge in [0.05, 0.1) is 18.0 Å². The first-order valence-electron chi connectivity index (χ1n) is 14.1. The van der Waals surface area contributed by atoms with E-state index in [-0.39, 0.29) is 24.8 Å². The Morgan fingerprint density at radius 3 is 1.85 bits per heavy atom. The number of piperazine rings is 1. The molecule has 2 aliphatic rings. The van der Waals surface area contributed by atoms with E-state index in [0.717, 1.165) is 48.4 Å². The number of hydrogen-bond acceptors (Lipinski definition) is 6. The molecule has 1 aromatic heterocycles. The van der Waals surface area contributed by atoms with Gasteiger partial charge in [-0.05, 0) is 31.9 Å². The summed E-state index contributed by atoms with van der Waals surface area (Å²) in [5.74, 6) is -0.596. The lowest BCUT2D eigenvalue weighted by Crippen LogP contribution is -2.54. The monoisotopic (exact) mass is 540 g/mol. The van der Waals surface area contributed by atoms with Crippen molar-refractivity contribution < 1.29 is 19.1 Å². The Hall–Kier alpha value is -4.04. The smallest absolute Gasteiger partial charge is 0.315 e. The summed E-state index contributed by atoms with van der Waals surface area (Å²) in [6.07, 6.45) is 1.55. The molecule has 0 bridgehead atoms. The number of amides is 2. The third-order valence-electron chi connectivity index (χ3n) is 7.75. The van der Waals surface area contributed by atoms with E-state index in [4.69, 9.17) is 9.72 Å². The topological polar surface area (TPSA) is 83.1 Å². The molecule has 8 heteroatoms. The molecule has 8 nitrogen and oxygen atoms in total. The Bertz CT molecular complexity index is 1260. The van der Waals surface area contributed by atoms with E-state index in [9.17, 15) is 14.4 Å². The normalized spacial score (nSPS) is 16.5. The Labute approximate surface area is 235 Å². The van der Waals surface area contributed by atoms with Crippen LogP contribution in [0.15, 0.2) is 72.8 Å². The molecule has 3 aromatic rings. The van der Waals surface area contributed by atoms with Gasteiger partial charge in [-0.25, -0.2) is 4.98 Å². The fraction of sp³-hybridized carbons (Fsp3) is 0.375. The molecule has 2 aliphatic heterocycles. The summed E-state index contributed by atoms with van der Waals surface area (Å²) in [5.41, 5.74) is 4.17. The zero-order chi connectivity index (χ0) is 27.9. The number of pyridine rings is 1. The van der Waals surface area contributed by atoms with Crippen LogP contribution in [0.2, 0.25) is 0 Å². The van der Waals surface area contributed by atoms with Gasteiger partial charge in [0.2, 0.25) is 5.91 Å². The van der Waals surface area contributed by atoms with Gasteiger partial charge in [-0.15, -0.1) is 0 Å². The second-order valence-electron chi connectivity index (χ2n) is 10.3. The van der Waals surface area contributed by atoms with Crippen molar-refractivity contribution in [3.05, 3.63) is 78.4 Å². The summed E-state index contributed by atoms with van der Waals surface area (Å²) in [6.45, 7) is 6.22. The fourth-order valence-corrected chi connectivity index (χ4v) is 5.57. The summed E-state index contributed by atoms with van der Waals surface area (Å²) in [4.78, 5) is 48.8. The Balaban J connectivity index is 1.21. The zero-order valence-corrected chi connectivity index (χ0v) is 23.0. The highest BCUT2D eigenvalue weighted by Crippen LogP contribution is 2.26. The van der Waals surface area contributed by atoms with Crippen molar-refractivity contribution in [3.63, 3.8) is 0 Å². The third kappa shape index (κ3) is 6.57. The van der Waals surface area contributed by atoms with Crippen LogP contribution in [0.1, 0.15) is 36.5 Å². The van der Waals surface area contributed by atoms with Crippen LogP contribution in [0.5, 0.6) is 0 Å². The van der Waals surface area contributed by atoms with Crippen molar-refractivity contribution >= 4 is 17.8 Å². The van der Waals surface area contributed by atoms with E-state index in [1.165, 1.54) is 0 Å². The lowest BCUT2D eigenvalue weighted by Gasteiger charge is -2.42. The van der Waals surface area contributed by atoms with E-state index in [1.807, 2.05) is 77.7 Å². The summed E-state index contributed by atoms with van der Waals surface area (Å²) < 4.78 is 4.91. The third-order valence-corrected chi connectivity index (χ3v) is 7.75. The molecule has 0 radical (unpaired) electrons. The van der Waals surface area contributed by atoms with Gasteiger partial charge in [0.25, 0.3) is 5.91 Å². The second-order valence-corrected chi connectivity index (χ2v) is 10.3. The van der Waals surface area contributed by atoms with Crippen molar-refractivity contribution in [3.8, 4) is 22.5 Å². The van der Waals surface area contributed by atoms with Crippen LogP contribution in [-0.2, 0) is 14.3 Å². The van der Waals surface area contributed by atoms with Crippen molar-refractivity contribution in [2.45, 2.75) is 32.2 Å². The predicted molar refractivity (Wildman–Crippen MR) is 153 cm³/mol. The van der Waals surface area contributed by atoms with Gasteiger partial charge in [0.1, 0.15) is 6.42 Å². The Morgan fingerprint density at radius 2 is 1.32 bits per heavy atom. The maximum absolute atomic E-state index is 13.7. The van der Waals surface area contributed by atoms with Crippen LogP contribution >= 0.6 is 0 Å². The SMILES string of the molecule is CCOC(=O)CC(=O)N1CCC(N2CCN(C(=O)c3cc(-c4ccccc4)nc(-c4ccccc4)c3)CC2)CC1. The lowest BCUT2D eigenvalue weighted by atomic mass is 10.0. The molecule has 5 rings (SSSR count). The minimum absolute atomic E-state index is 0.0239. The average molecular weight is 541 g/mol. The molecule has 3 heterocycles. The molecule has 2 amide bonds. The summed E-state index contributed by atoms with van der Waals surface area (Å²) in [6, 6.07) is 24.1. The second kappa shape index (κ2) is 12.9. The van der Waals surface area contributed by atoms with Gasteiger partial charge in [0.15, 0.2) is 0 Å². The number of likely N-dealkylation sites (tertiary alicyclic amines) is 1. The summed E-state index contributed by atoms with van der Waals surface area (Å²) in [7, 11) is 0. The Kier molecular flexibility index (Phi) is 8.86. The number of aromatic nitrogens is 1. The largest absolute Gasteiger partial charge is 0.466 e. The number of benzene rings is 2. The fourth-order valence-electron chi connectivity index (χ4n) is 5.57. The maximum atomic E-state index is 13.7. The Morgan fingerprint density at radius 1 is 0.775 bits per heavy atom. The molecular formula is C32H36N4O4. The van der Waals surface area contributed by atoms with E-state index >= 15 is 0 Å². The molecular weight excluding hydrogens is 504 g/mol. The lowest BCUT2D eigenvalue weighted by molar-refractivity contribution is -0.149. The first-order valence-corrected chi connectivity index (χ1v) is 14.1. The molecule has 0 saturated carbocycles. The first-order chi connectivity index (χ1) is 19.5. The van der Waals surface area contributed by atoms with Crippen molar-refractivity contribution in [2.24, 2.45) is 0 Å². The minimum Gasteiger partial charge on any atom is -0.466 e. The van der Waals surface area contributed by atoms with Gasteiger partial charge in [-0.2, -0.15) is 0 Å². The molecule has 2 saturated heterocycles. The number of ether oxygens (including phenoxy) is 1. The number of esters is 1. The molecule has 2 fully saturated rings. The molecule has 0 unspecified atom stereocenters. The van der Waals surface area contributed by atoms with Crippen molar-refractivity contribution in [1.29, 1.82) is 0 Å². The quantitative estimate of drug-likeness (QED) is 0.331. The number of piperidine rings is 1. The molecule has 0 atom stereocenters. The van der Waals surface area contributed by atoms with Gasteiger partial charge in [-0.1, -0.05) is 60.7 Å². The number of nitrogens with zero attached hydrogens (tertiary/aromatic N) is 4. The van der Waals surface area contributed by atoms with Crippen LogP contribution in [-0.4, -0.2) is 89.4 Å². The van der Waals surface area contributed by atoms with Crippen LogP contribution in [0.3, 0.4) is 0 Å². The van der Waals surface area contributed by atoms with Crippen molar-refractivity contribution in [1.82, 2.24) is 19.7 Å². The zero-order valence-electron chi connectivity index (χ0n) is 23.0. The summed E-state index contributed by atoms with van der Waals surface area (Å²) >= 11 is 0. The van der Waals surface area contributed by atoms with Gasteiger partial charge >= 0.3 is 5.97 Å². The predicted octanol–water partition coefficient (Wildman–Crippen LogP) is 4.12. The number of rotatable bonds is 7.